The highest BCUT2D eigenvalue weighted by atomic mass is 35.5. The molecule has 18 heavy (non-hydrogen) atoms. The van der Waals surface area contributed by atoms with Crippen molar-refractivity contribution >= 4 is 11.6 Å². The molecule has 1 aromatic heterocycles. The van der Waals surface area contributed by atoms with E-state index in [2.05, 4.69) is 11.2 Å². The molecule has 0 fully saturated rings. The fraction of sp³-hybridized carbons (Fsp3) is 0.357. The van der Waals surface area contributed by atoms with Crippen LogP contribution in [0, 0.1) is 6.92 Å². The molecule has 2 N–H and O–H groups in total. The minimum Gasteiger partial charge on any atom is -0.321 e. The Morgan fingerprint density at radius 3 is 2.44 bits per heavy atom. The summed E-state index contributed by atoms with van der Waals surface area (Å²) in [5, 5.41) is 5.07. The largest absolute Gasteiger partial charge is 0.321 e. The van der Waals surface area contributed by atoms with Gasteiger partial charge in [0.15, 0.2) is 0 Å². The molecule has 1 unspecified atom stereocenters. The van der Waals surface area contributed by atoms with Crippen LogP contribution < -0.4 is 5.73 Å². The van der Waals surface area contributed by atoms with Crippen LogP contribution in [-0.2, 0) is 19.0 Å². The van der Waals surface area contributed by atoms with Crippen molar-refractivity contribution in [3.63, 3.8) is 0 Å². The SMILES string of the molecule is Cc1cc(CC(C)(N)c2ccc(Cl)cc2)n(C)n1. The van der Waals surface area contributed by atoms with E-state index < -0.39 is 5.54 Å². The third-order valence-electron chi connectivity index (χ3n) is 3.15. The molecule has 2 aromatic rings. The Hall–Kier alpha value is -1.32. The standard InChI is InChI=1S/C14H18ClN3/c1-10-8-13(18(3)17-10)9-14(2,16)11-4-6-12(15)7-5-11/h4-8H,9,16H2,1-3H3. The Kier molecular flexibility index (Phi) is 3.46. The van der Waals surface area contributed by atoms with Gasteiger partial charge in [0.2, 0.25) is 0 Å². The molecule has 4 heteroatoms. The van der Waals surface area contributed by atoms with Gasteiger partial charge in [-0.25, -0.2) is 0 Å². The zero-order valence-corrected chi connectivity index (χ0v) is 11.7. The molecule has 3 nitrogen and oxygen atoms in total. The summed E-state index contributed by atoms with van der Waals surface area (Å²) in [5.41, 5.74) is 9.21. The first-order valence-electron chi connectivity index (χ1n) is 5.93. The van der Waals surface area contributed by atoms with E-state index in [0.29, 0.717) is 0 Å². The van der Waals surface area contributed by atoms with E-state index in [0.717, 1.165) is 28.4 Å². The number of nitrogens with two attached hydrogens (primary N) is 1. The number of hydrogen-bond donors (Lipinski definition) is 1. The van der Waals surface area contributed by atoms with Gasteiger partial charge in [-0.05, 0) is 37.6 Å². The molecule has 0 amide bonds. The van der Waals surface area contributed by atoms with Crippen LogP contribution in [0.5, 0.6) is 0 Å². The Balaban J connectivity index is 2.26. The van der Waals surface area contributed by atoms with Crippen LogP contribution in [0.4, 0.5) is 0 Å². The summed E-state index contributed by atoms with van der Waals surface area (Å²) in [6, 6.07) is 9.77. The van der Waals surface area contributed by atoms with Crippen molar-refractivity contribution in [3.8, 4) is 0 Å². The van der Waals surface area contributed by atoms with E-state index >= 15 is 0 Å². The van der Waals surface area contributed by atoms with Gasteiger partial charge in [-0.2, -0.15) is 5.10 Å². The second-order valence-electron chi connectivity index (χ2n) is 5.00. The third kappa shape index (κ3) is 2.74. The minimum atomic E-state index is -0.426. The molecular weight excluding hydrogens is 246 g/mol. The zero-order chi connectivity index (χ0) is 13.3. The molecule has 0 aliphatic heterocycles. The van der Waals surface area contributed by atoms with Crippen LogP contribution in [0.1, 0.15) is 23.9 Å². The maximum atomic E-state index is 6.41. The van der Waals surface area contributed by atoms with E-state index in [9.17, 15) is 0 Å². The number of aromatic nitrogens is 2. The summed E-state index contributed by atoms with van der Waals surface area (Å²) in [5.74, 6) is 0. The predicted octanol–water partition coefficient (Wildman–Crippen LogP) is 2.80. The Morgan fingerprint density at radius 1 is 1.33 bits per heavy atom. The summed E-state index contributed by atoms with van der Waals surface area (Å²) in [7, 11) is 1.94. The van der Waals surface area contributed by atoms with Gasteiger partial charge in [0.1, 0.15) is 0 Å². The number of benzene rings is 1. The van der Waals surface area contributed by atoms with Crippen LogP contribution in [-0.4, -0.2) is 9.78 Å². The van der Waals surface area contributed by atoms with Crippen LogP contribution in [0.15, 0.2) is 30.3 Å². The molecule has 1 heterocycles. The highest BCUT2D eigenvalue weighted by Crippen LogP contribution is 2.24. The van der Waals surface area contributed by atoms with Gasteiger partial charge < -0.3 is 5.73 Å². The lowest BCUT2D eigenvalue weighted by Gasteiger charge is -2.25. The number of rotatable bonds is 3. The van der Waals surface area contributed by atoms with E-state index in [1.807, 2.05) is 49.8 Å². The van der Waals surface area contributed by atoms with Crippen molar-refractivity contribution in [2.24, 2.45) is 12.8 Å². The summed E-state index contributed by atoms with van der Waals surface area (Å²) in [4.78, 5) is 0. The van der Waals surface area contributed by atoms with Crippen molar-refractivity contribution in [3.05, 3.63) is 52.3 Å². The molecule has 0 aliphatic carbocycles. The van der Waals surface area contributed by atoms with Crippen LogP contribution in [0.2, 0.25) is 5.02 Å². The lowest BCUT2D eigenvalue weighted by atomic mass is 9.88. The first kappa shape index (κ1) is 13.1. The first-order chi connectivity index (χ1) is 8.38. The number of nitrogens with zero attached hydrogens (tertiary/aromatic N) is 2. The monoisotopic (exact) mass is 263 g/mol. The molecule has 0 saturated heterocycles. The van der Waals surface area contributed by atoms with E-state index in [1.54, 1.807) is 0 Å². The average molecular weight is 264 g/mol. The summed E-state index contributed by atoms with van der Waals surface area (Å²) < 4.78 is 1.89. The van der Waals surface area contributed by atoms with Crippen LogP contribution >= 0.6 is 11.6 Å². The predicted molar refractivity (Wildman–Crippen MR) is 74.6 cm³/mol. The van der Waals surface area contributed by atoms with Gasteiger partial charge in [0.25, 0.3) is 0 Å². The van der Waals surface area contributed by atoms with Gasteiger partial charge in [-0.1, -0.05) is 23.7 Å². The summed E-state index contributed by atoms with van der Waals surface area (Å²) >= 11 is 5.90. The smallest absolute Gasteiger partial charge is 0.0596 e. The highest BCUT2D eigenvalue weighted by molar-refractivity contribution is 6.30. The van der Waals surface area contributed by atoms with Crippen LogP contribution in [0.25, 0.3) is 0 Å². The van der Waals surface area contributed by atoms with Crippen molar-refractivity contribution in [2.75, 3.05) is 0 Å². The van der Waals surface area contributed by atoms with Gasteiger partial charge in [-0.3, -0.25) is 4.68 Å². The lowest BCUT2D eigenvalue weighted by Crippen LogP contribution is -2.36. The van der Waals surface area contributed by atoms with E-state index in [4.69, 9.17) is 17.3 Å². The molecule has 0 saturated carbocycles. The Morgan fingerprint density at radius 2 is 1.94 bits per heavy atom. The van der Waals surface area contributed by atoms with E-state index in [-0.39, 0.29) is 0 Å². The number of hydrogen-bond acceptors (Lipinski definition) is 2. The van der Waals surface area contributed by atoms with Gasteiger partial charge in [0.05, 0.1) is 5.69 Å². The molecule has 0 bridgehead atoms. The normalized spacial score (nSPS) is 14.5. The molecule has 1 aromatic carbocycles. The molecule has 0 spiro atoms. The fourth-order valence-electron chi connectivity index (χ4n) is 2.14. The number of aryl methyl sites for hydroxylation is 2. The van der Waals surface area contributed by atoms with Crippen molar-refractivity contribution in [1.82, 2.24) is 9.78 Å². The molecule has 0 radical (unpaired) electrons. The quantitative estimate of drug-likeness (QED) is 0.925. The molecular formula is C14H18ClN3. The van der Waals surface area contributed by atoms with E-state index in [1.165, 1.54) is 0 Å². The summed E-state index contributed by atoms with van der Waals surface area (Å²) in [6.07, 6.45) is 0.742. The van der Waals surface area contributed by atoms with Gasteiger partial charge in [0, 0.05) is 29.7 Å². The Bertz CT molecular complexity index is 541. The number of halogens is 1. The van der Waals surface area contributed by atoms with Crippen molar-refractivity contribution in [1.29, 1.82) is 0 Å². The third-order valence-corrected chi connectivity index (χ3v) is 3.40. The second-order valence-corrected chi connectivity index (χ2v) is 5.44. The van der Waals surface area contributed by atoms with Crippen molar-refractivity contribution in [2.45, 2.75) is 25.8 Å². The molecule has 2 rings (SSSR count). The lowest BCUT2D eigenvalue weighted by molar-refractivity contribution is 0.472. The maximum Gasteiger partial charge on any atom is 0.0596 e. The fourth-order valence-corrected chi connectivity index (χ4v) is 2.26. The second kappa shape index (κ2) is 4.75. The Labute approximate surface area is 113 Å². The highest BCUT2D eigenvalue weighted by Gasteiger charge is 2.23. The zero-order valence-electron chi connectivity index (χ0n) is 10.9. The van der Waals surface area contributed by atoms with Crippen molar-refractivity contribution < 1.29 is 0 Å². The average Bonchev–Trinajstić information content (AvgIpc) is 2.57. The maximum absolute atomic E-state index is 6.41. The molecule has 0 aliphatic rings. The minimum absolute atomic E-state index is 0.426. The topological polar surface area (TPSA) is 43.8 Å². The van der Waals surface area contributed by atoms with Gasteiger partial charge >= 0.3 is 0 Å². The molecule has 96 valence electrons. The van der Waals surface area contributed by atoms with Gasteiger partial charge in [-0.15, -0.1) is 0 Å². The summed E-state index contributed by atoms with van der Waals surface area (Å²) in [6.45, 7) is 4.01. The van der Waals surface area contributed by atoms with Crippen LogP contribution in [0.3, 0.4) is 0 Å². The first-order valence-corrected chi connectivity index (χ1v) is 6.31. The molecule has 1 atom stereocenters.